The number of carbonyl (C=O) groups is 2. The van der Waals surface area contributed by atoms with E-state index in [0.29, 0.717) is 53.7 Å². The van der Waals surface area contributed by atoms with Crippen LogP contribution in [-0.4, -0.2) is 44.3 Å². The maximum atomic E-state index is 12.9. The monoisotopic (exact) mass is 437 g/mol. The summed E-state index contributed by atoms with van der Waals surface area (Å²) in [4.78, 5) is 46.2. The molecular weight excluding hydrogens is 414 g/mol. The summed E-state index contributed by atoms with van der Waals surface area (Å²) in [6.45, 7) is 2.14. The van der Waals surface area contributed by atoms with Gasteiger partial charge >= 0.3 is 0 Å². The number of fused-ring (bicyclic) bond motifs is 1. The summed E-state index contributed by atoms with van der Waals surface area (Å²) in [6, 6.07) is 10.4. The van der Waals surface area contributed by atoms with Crippen LogP contribution in [0, 0.1) is 4.77 Å². The van der Waals surface area contributed by atoms with Crippen molar-refractivity contribution in [1.29, 1.82) is 0 Å². The molecule has 0 atom stereocenters. The fraction of sp³-hybridized carbons (Fsp3) is 0.318. The molecule has 1 aliphatic heterocycles. The van der Waals surface area contributed by atoms with E-state index in [4.69, 9.17) is 12.2 Å². The van der Waals surface area contributed by atoms with E-state index < -0.39 is 0 Å². The molecule has 0 radical (unpaired) electrons. The van der Waals surface area contributed by atoms with Gasteiger partial charge in [-0.3, -0.25) is 23.9 Å². The SMILES string of the molecule is O=C(NCc1ccccn1)c1ccc2c(=O)n(CCCN3CCCC3=O)c(=S)[nH]c2c1. The van der Waals surface area contributed by atoms with Crippen molar-refractivity contribution in [3.05, 3.63) is 69.0 Å². The molecule has 0 bridgehead atoms. The largest absolute Gasteiger partial charge is 0.346 e. The zero-order chi connectivity index (χ0) is 21.8. The van der Waals surface area contributed by atoms with Gasteiger partial charge in [0.1, 0.15) is 0 Å². The molecule has 8 nitrogen and oxygen atoms in total. The topological polar surface area (TPSA) is 100 Å². The van der Waals surface area contributed by atoms with Crippen LogP contribution in [0.1, 0.15) is 35.3 Å². The highest BCUT2D eigenvalue weighted by molar-refractivity contribution is 7.71. The average molecular weight is 438 g/mol. The van der Waals surface area contributed by atoms with Crippen LogP contribution < -0.4 is 10.9 Å². The Morgan fingerprint density at radius 1 is 1.19 bits per heavy atom. The summed E-state index contributed by atoms with van der Waals surface area (Å²) in [7, 11) is 0. The zero-order valence-electron chi connectivity index (χ0n) is 17.0. The first-order chi connectivity index (χ1) is 15.0. The standard InChI is InChI=1S/C22H23N5O3S/c28-19-6-3-10-26(19)11-4-12-27-21(30)17-8-7-15(13-18(17)25-22(27)31)20(29)24-14-16-5-1-2-9-23-16/h1-2,5,7-9,13H,3-4,6,10-12,14H2,(H,24,29)(H,25,31). The minimum atomic E-state index is -0.258. The predicted molar refractivity (Wildman–Crippen MR) is 119 cm³/mol. The van der Waals surface area contributed by atoms with E-state index in [9.17, 15) is 14.4 Å². The summed E-state index contributed by atoms with van der Waals surface area (Å²) < 4.78 is 1.82. The Kier molecular flexibility index (Phi) is 6.22. The van der Waals surface area contributed by atoms with Crippen LogP contribution >= 0.6 is 12.2 Å². The van der Waals surface area contributed by atoms with Gasteiger partial charge in [-0.05, 0) is 55.4 Å². The van der Waals surface area contributed by atoms with Crippen molar-refractivity contribution < 1.29 is 9.59 Å². The Morgan fingerprint density at radius 2 is 2.06 bits per heavy atom. The number of pyridine rings is 1. The van der Waals surface area contributed by atoms with E-state index in [1.165, 1.54) is 4.57 Å². The molecule has 31 heavy (non-hydrogen) atoms. The Balaban J connectivity index is 1.48. The third-order valence-electron chi connectivity index (χ3n) is 5.38. The number of nitrogens with one attached hydrogen (secondary N) is 2. The van der Waals surface area contributed by atoms with Crippen LogP contribution in [0.3, 0.4) is 0 Å². The number of amides is 2. The molecule has 1 aromatic carbocycles. The molecule has 2 amide bonds. The molecule has 9 heteroatoms. The van der Waals surface area contributed by atoms with E-state index >= 15 is 0 Å². The molecular formula is C22H23N5O3S. The van der Waals surface area contributed by atoms with Gasteiger partial charge in [0.25, 0.3) is 11.5 Å². The highest BCUT2D eigenvalue weighted by Crippen LogP contribution is 2.13. The number of hydrogen-bond acceptors (Lipinski definition) is 5. The van der Waals surface area contributed by atoms with Gasteiger partial charge < -0.3 is 15.2 Å². The van der Waals surface area contributed by atoms with E-state index in [2.05, 4.69) is 15.3 Å². The Morgan fingerprint density at radius 3 is 2.81 bits per heavy atom. The van der Waals surface area contributed by atoms with Crippen molar-refractivity contribution in [3.63, 3.8) is 0 Å². The summed E-state index contributed by atoms with van der Waals surface area (Å²) >= 11 is 5.38. The zero-order valence-corrected chi connectivity index (χ0v) is 17.8. The summed E-state index contributed by atoms with van der Waals surface area (Å²) in [5.41, 5.74) is 1.51. The number of nitrogens with zero attached hydrogens (tertiary/aromatic N) is 3. The van der Waals surface area contributed by atoms with Crippen molar-refractivity contribution in [2.45, 2.75) is 32.4 Å². The number of rotatable bonds is 7. The molecule has 3 aromatic rings. The maximum absolute atomic E-state index is 12.9. The fourth-order valence-corrected chi connectivity index (χ4v) is 4.02. The molecule has 1 fully saturated rings. The van der Waals surface area contributed by atoms with E-state index in [1.807, 2.05) is 23.1 Å². The van der Waals surface area contributed by atoms with Gasteiger partial charge in [-0.2, -0.15) is 0 Å². The van der Waals surface area contributed by atoms with Gasteiger partial charge in [-0.15, -0.1) is 0 Å². The fourth-order valence-electron chi connectivity index (χ4n) is 3.73. The summed E-state index contributed by atoms with van der Waals surface area (Å²) in [6.07, 6.45) is 3.83. The number of benzene rings is 1. The Hall–Kier alpha value is -3.33. The van der Waals surface area contributed by atoms with Crippen LogP contribution in [0.2, 0.25) is 0 Å². The number of carbonyl (C=O) groups excluding carboxylic acids is 2. The first kappa shape index (κ1) is 20.9. The molecule has 2 aromatic heterocycles. The van der Waals surface area contributed by atoms with Gasteiger partial charge in [-0.1, -0.05) is 6.07 Å². The Bertz CT molecular complexity index is 1240. The van der Waals surface area contributed by atoms with Gasteiger partial charge in [0.05, 0.1) is 23.1 Å². The first-order valence-electron chi connectivity index (χ1n) is 10.3. The van der Waals surface area contributed by atoms with Crippen LogP contribution in [0.4, 0.5) is 0 Å². The van der Waals surface area contributed by atoms with Crippen molar-refractivity contribution >= 4 is 34.9 Å². The number of likely N-dealkylation sites (tertiary alicyclic amines) is 1. The molecule has 0 saturated carbocycles. The predicted octanol–water partition coefficient (Wildman–Crippen LogP) is 2.40. The van der Waals surface area contributed by atoms with Crippen molar-refractivity contribution in [2.75, 3.05) is 13.1 Å². The highest BCUT2D eigenvalue weighted by Gasteiger charge is 2.19. The molecule has 160 valence electrons. The van der Waals surface area contributed by atoms with Gasteiger partial charge in [0, 0.05) is 37.8 Å². The minimum Gasteiger partial charge on any atom is -0.346 e. The summed E-state index contributed by atoms with van der Waals surface area (Å²) in [5, 5.41) is 3.29. The lowest BCUT2D eigenvalue weighted by Crippen LogP contribution is -2.29. The second-order valence-electron chi connectivity index (χ2n) is 7.49. The molecule has 0 spiro atoms. The molecule has 0 aliphatic carbocycles. The highest BCUT2D eigenvalue weighted by atomic mass is 32.1. The van der Waals surface area contributed by atoms with Crippen LogP contribution in [0.5, 0.6) is 0 Å². The first-order valence-corrected chi connectivity index (χ1v) is 10.7. The molecule has 1 aliphatic rings. The van der Waals surface area contributed by atoms with Crippen molar-refractivity contribution in [1.82, 2.24) is 24.8 Å². The van der Waals surface area contributed by atoms with Crippen LogP contribution in [-0.2, 0) is 17.9 Å². The lowest BCUT2D eigenvalue weighted by Gasteiger charge is -2.16. The van der Waals surface area contributed by atoms with Gasteiger partial charge in [-0.25, -0.2) is 0 Å². The smallest absolute Gasteiger partial charge is 0.262 e. The normalized spacial score (nSPS) is 13.7. The van der Waals surface area contributed by atoms with Crippen molar-refractivity contribution in [2.24, 2.45) is 0 Å². The van der Waals surface area contributed by atoms with Gasteiger partial charge in [0.15, 0.2) is 4.77 Å². The Labute approximate surface area is 183 Å². The summed E-state index contributed by atoms with van der Waals surface area (Å²) in [5.74, 6) is -0.0869. The van der Waals surface area contributed by atoms with E-state index in [1.54, 1.807) is 24.4 Å². The van der Waals surface area contributed by atoms with E-state index in [-0.39, 0.29) is 17.4 Å². The quantitative estimate of drug-likeness (QED) is 0.553. The molecule has 0 unspecified atom stereocenters. The van der Waals surface area contributed by atoms with Crippen LogP contribution in [0.15, 0.2) is 47.4 Å². The van der Waals surface area contributed by atoms with Crippen molar-refractivity contribution in [3.8, 4) is 0 Å². The molecule has 1 saturated heterocycles. The molecule has 3 heterocycles. The molecule has 4 rings (SSSR count). The molecule has 2 N–H and O–H groups in total. The third-order valence-corrected chi connectivity index (χ3v) is 5.70. The minimum absolute atomic E-state index is 0.171. The number of aromatic nitrogens is 3. The maximum Gasteiger partial charge on any atom is 0.262 e. The lowest BCUT2D eigenvalue weighted by molar-refractivity contribution is -0.127. The van der Waals surface area contributed by atoms with Gasteiger partial charge in [0.2, 0.25) is 5.91 Å². The average Bonchev–Trinajstić information content (AvgIpc) is 3.19. The number of hydrogen-bond donors (Lipinski definition) is 2. The second kappa shape index (κ2) is 9.22. The number of aromatic amines is 1. The number of H-pyrrole nitrogens is 1. The van der Waals surface area contributed by atoms with Crippen LogP contribution in [0.25, 0.3) is 10.9 Å². The third kappa shape index (κ3) is 4.72. The second-order valence-corrected chi connectivity index (χ2v) is 7.88. The lowest BCUT2D eigenvalue weighted by atomic mass is 10.1. The van der Waals surface area contributed by atoms with E-state index in [0.717, 1.165) is 18.7 Å².